The van der Waals surface area contributed by atoms with Crippen LogP contribution in [0.2, 0.25) is 0 Å². The van der Waals surface area contributed by atoms with E-state index in [0.717, 1.165) is 16.5 Å². The van der Waals surface area contributed by atoms with Crippen LogP contribution in [0.5, 0.6) is 0 Å². The first-order valence-corrected chi connectivity index (χ1v) is 7.92. The fraction of sp³-hybridized carbons (Fsp3) is 0.167. The number of nitrogens with one attached hydrogen (secondary N) is 2. The summed E-state index contributed by atoms with van der Waals surface area (Å²) in [6.45, 7) is 0.352. The Bertz CT molecular complexity index is 937. The summed E-state index contributed by atoms with van der Waals surface area (Å²) in [4.78, 5) is 24.9. The SMILES string of the molecule is O=C(NCCc1c[nH]c2ccc(F)cc12)OCc1ccc([N+](=O)[O-])cc1. The number of nitro groups is 1. The van der Waals surface area contributed by atoms with Crippen LogP contribution in [0, 0.1) is 15.9 Å². The first kappa shape index (κ1) is 17.4. The number of benzene rings is 2. The van der Waals surface area contributed by atoms with E-state index >= 15 is 0 Å². The monoisotopic (exact) mass is 357 g/mol. The highest BCUT2D eigenvalue weighted by atomic mass is 19.1. The van der Waals surface area contributed by atoms with Gasteiger partial charge in [-0.2, -0.15) is 0 Å². The number of hydrogen-bond acceptors (Lipinski definition) is 4. The van der Waals surface area contributed by atoms with Crippen LogP contribution >= 0.6 is 0 Å². The van der Waals surface area contributed by atoms with Gasteiger partial charge in [0.15, 0.2) is 0 Å². The molecule has 2 aromatic carbocycles. The summed E-state index contributed by atoms with van der Waals surface area (Å²) < 4.78 is 18.4. The smallest absolute Gasteiger partial charge is 0.407 e. The van der Waals surface area contributed by atoms with Crippen LogP contribution in [-0.2, 0) is 17.8 Å². The Morgan fingerprint density at radius 2 is 2.00 bits per heavy atom. The summed E-state index contributed by atoms with van der Waals surface area (Å²) >= 11 is 0. The average molecular weight is 357 g/mol. The third-order valence-corrected chi connectivity index (χ3v) is 3.91. The summed E-state index contributed by atoms with van der Waals surface area (Å²) in [6.07, 6.45) is 1.72. The normalized spacial score (nSPS) is 10.7. The van der Waals surface area contributed by atoms with Crippen molar-refractivity contribution in [2.75, 3.05) is 6.54 Å². The molecule has 8 heteroatoms. The fourth-order valence-electron chi connectivity index (χ4n) is 2.57. The van der Waals surface area contributed by atoms with Gasteiger partial charge in [0.05, 0.1) is 4.92 Å². The van der Waals surface area contributed by atoms with E-state index in [0.29, 0.717) is 18.5 Å². The second kappa shape index (κ2) is 7.64. The van der Waals surface area contributed by atoms with Crippen molar-refractivity contribution >= 4 is 22.7 Å². The molecule has 3 rings (SSSR count). The van der Waals surface area contributed by atoms with Gasteiger partial charge in [-0.3, -0.25) is 10.1 Å². The van der Waals surface area contributed by atoms with E-state index in [-0.39, 0.29) is 18.1 Å². The quantitative estimate of drug-likeness (QED) is 0.519. The number of hydrogen-bond donors (Lipinski definition) is 2. The Balaban J connectivity index is 1.46. The number of ether oxygens (including phenoxy) is 1. The number of aromatic amines is 1. The minimum Gasteiger partial charge on any atom is -0.445 e. The number of H-pyrrole nitrogens is 1. The Morgan fingerprint density at radius 3 is 2.73 bits per heavy atom. The zero-order valence-electron chi connectivity index (χ0n) is 13.7. The number of fused-ring (bicyclic) bond motifs is 1. The molecule has 0 aliphatic heterocycles. The lowest BCUT2D eigenvalue weighted by Gasteiger charge is -2.07. The third kappa shape index (κ3) is 4.15. The molecule has 0 saturated carbocycles. The number of nitro benzene ring substituents is 1. The first-order chi connectivity index (χ1) is 12.5. The molecule has 26 heavy (non-hydrogen) atoms. The van der Waals surface area contributed by atoms with Crippen LogP contribution in [-0.4, -0.2) is 22.5 Å². The Labute approximate surface area is 147 Å². The molecular weight excluding hydrogens is 341 g/mol. The maximum Gasteiger partial charge on any atom is 0.407 e. The number of carbonyl (C=O) groups excluding carboxylic acids is 1. The lowest BCUT2D eigenvalue weighted by atomic mass is 10.1. The molecule has 0 bridgehead atoms. The first-order valence-electron chi connectivity index (χ1n) is 7.92. The molecule has 0 radical (unpaired) electrons. The van der Waals surface area contributed by atoms with Gasteiger partial charge in [-0.1, -0.05) is 0 Å². The second-order valence-electron chi connectivity index (χ2n) is 5.68. The lowest BCUT2D eigenvalue weighted by Crippen LogP contribution is -2.26. The van der Waals surface area contributed by atoms with E-state index < -0.39 is 11.0 Å². The number of alkyl carbamates (subject to hydrolysis) is 1. The minimum absolute atomic E-state index is 0.0160. The molecule has 0 fully saturated rings. The fourth-order valence-corrected chi connectivity index (χ4v) is 2.57. The molecule has 0 unspecified atom stereocenters. The molecule has 134 valence electrons. The number of rotatable bonds is 6. The van der Waals surface area contributed by atoms with Crippen molar-refractivity contribution in [3.63, 3.8) is 0 Å². The maximum absolute atomic E-state index is 13.3. The largest absolute Gasteiger partial charge is 0.445 e. The third-order valence-electron chi connectivity index (χ3n) is 3.91. The van der Waals surface area contributed by atoms with Crippen LogP contribution < -0.4 is 5.32 Å². The minimum atomic E-state index is -0.589. The van der Waals surface area contributed by atoms with E-state index in [9.17, 15) is 19.3 Å². The summed E-state index contributed by atoms with van der Waals surface area (Å²) in [5.41, 5.74) is 2.36. The van der Waals surface area contributed by atoms with E-state index in [1.165, 1.54) is 36.4 Å². The van der Waals surface area contributed by atoms with Gasteiger partial charge in [-0.15, -0.1) is 0 Å². The van der Waals surface area contributed by atoms with Crippen molar-refractivity contribution in [3.05, 3.63) is 75.7 Å². The van der Waals surface area contributed by atoms with E-state index in [2.05, 4.69) is 10.3 Å². The van der Waals surface area contributed by atoms with Crippen LogP contribution in [0.3, 0.4) is 0 Å². The van der Waals surface area contributed by atoms with Crippen molar-refractivity contribution in [1.82, 2.24) is 10.3 Å². The Hall–Kier alpha value is -3.42. The number of aromatic nitrogens is 1. The second-order valence-corrected chi connectivity index (χ2v) is 5.68. The molecule has 3 aromatic rings. The summed E-state index contributed by atoms with van der Waals surface area (Å²) in [5.74, 6) is -0.311. The molecule has 0 spiro atoms. The summed E-state index contributed by atoms with van der Waals surface area (Å²) in [6, 6.07) is 10.3. The van der Waals surface area contributed by atoms with Crippen molar-refractivity contribution in [1.29, 1.82) is 0 Å². The molecule has 0 saturated heterocycles. The van der Waals surface area contributed by atoms with Gasteiger partial charge < -0.3 is 15.0 Å². The number of carbonyl (C=O) groups is 1. The molecule has 0 aliphatic carbocycles. The standard InChI is InChI=1S/C18H16FN3O4/c19-14-3-6-17-16(9-14)13(10-21-17)7-8-20-18(23)26-11-12-1-4-15(5-2-12)22(24)25/h1-6,9-10,21H,7-8,11H2,(H,20,23). The van der Waals surface area contributed by atoms with Crippen LogP contribution in [0.1, 0.15) is 11.1 Å². The van der Waals surface area contributed by atoms with Crippen LogP contribution in [0.25, 0.3) is 10.9 Å². The van der Waals surface area contributed by atoms with Crippen LogP contribution in [0.4, 0.5) is 14.9 Å². The molecule has 0 atom stereocenters. The van der Waals surface area contributed by atoms with Gasteiger partial charge in [0.25, 0.3) is 5.69 Å². The highest BCUT2D eigenvalue weighted by Crippen LogP contribution is 2.19. The van der Waals surface area contributed by atoms with Crippen molar-refractivity contribution in [2.45, 2.75) is 13.0 Å². The molecule has 1 heterocycles. The Morgan fingerprint density at radius 1 is 1.23 bits per heavy atom. The van der Waals surface area contributed by atoms with Crippen molar-refractivity contribution in [2.24, 2.45) is 0 Å². The average Bonchev–Trinajstić information content (AvgIpc) is 3.02. The molecule has 0 aliphatic rings. The number of non-ortho nitro benzene ring substituents is 1. The van der Waals surface area contributed by atoms with Gasteiger partial charge in [-0.25, -0.2) is 9.18 Å². The van der Waals surface area contributed by atoms with E-state index in [4.69, 9.17) is 4.74 Å². The van der Waals surface area contributed by atoms with Gasteiger partial charge in [-0.05, 0) is 47.9 Å². The topological polar surface area (TPSA) is 97.3 Å². The zero-order chi connectivity index (χ0) is 18.5. The van der Waals surface area contributed by atoms with Crippen molar-refractivity contribution < 1.29 is 18.8 Å². The molecule has 1 amide bonds. The number of nitrogens with zero attached hydrogens (tertiary/aromatic N) is 1. The molecular formula is C18H16FN3O4. The van der Waals surface area contributed by atoms with E-state index in [1.54, 1.807) is 12.3 Å². The van der Waals surface area contributed by atoms with Crippen molar-refractivity contribution in [3.8, 4) is 0 Å². The van der Waals surface area contributed by atoms with Gasteiger partial charge in [0.1, 0.15) is 12.4 Å². The maximum atomic E-state index is 13.3. The molecule has 2 N–H and O–H groups in total. The highest BCUT2D eigenvalue weighted by molar-refractivity contribution is 5.83. The van der Waals surface area contributed by atoms with E-state index in [1.807, 2.05) is 0 Å². The van der Waals surface area contributed by atoms with Gasteiger partial charge >= 0.3 is 6.09 Å². The predicted octanol–water partition coefficient (Wildman–Crippen LogP) is 3.68. The van der Waals surface area contributed by atoms with Gasteiger partial charge in [0.2, 0.25) is 0 Å². The molecule has 1 aromatic heterocycles. The van der Waals surface area contributed by atoms with Crippen LogP contribution in [0.15, 0.2) is 48.7 Å². The number of amides is 1. The van der Waals surface area contributed by atoms with Gasteiger partial charge in [0, 0.05) is 35.8 Å². The zero-order valence-corrected chi connectivity index (χ0v) is 13.7. The predicted molar refractivity (Wildman–Crippen MR) is 93.2 cm³/mol. The molecule has 7 nitrogen and oxygen atoms in total. The highest BCUT2D eigenvalue weighted by Gasteiger charge is 2.08. The summed E-state index contributed by atoms with van der Waals surface area (Å²) in [5, 5.41) is 14.0. The Kier molecular flexibility index (Phi) is 5.12. The lowest BCUT2D eigenvalue weighted by molar-refractivity contribution is -0.384. The number of halogens is 1. The summed E-state index contributed by atoms with van der Waals surface area (Å²) in [7, 11) is 0.